The smallest absolute Gasteiger partial charge is 0.262 e. The second-order valence-electron chi connectivity index (χ2n) is 7.51. The fraction of sp³-hybridized carbons (Fsp3) is 0.333. The molecule has 1 fully saturated rings. The third-order valence-corrected chi connectivity index (χ3v) is 7.46. The van der Waals surface area contributed by atoms with Crippen molar-refractivity contribution in [2.75, 3.05) is 23.8 Å². The first-order valence-corrected chi connectivity index (χ1v) is 11.2. The molecule has 0 radical (unpaired) electrons. The van der Waals surface area contributed by atoms with Crippen molar-refractivity contribution >= 4 is 33.2 Å². The third kappa shape index (κ3) is 3.66. The number of anilines is 2. The Balaban J connectivity index is 1.59. The van der Waals surface area contributed by atoms with Gasteiger partial charge >= 0.3 is 0 Å². The predicted molar refractivity (Wildman–Crippen MR) is 112 cm³/mol. The number of carbonyl (C=O) groups is 2. The average Bonchev–Trinajstić information content (AvgIpc) is 3.22. The number of benzene rings is 2. The summed E-state index contributed by atoms with van der Waals surface area (Å²) in [6.45, 7) is 4.02. The molecule has 1 saturated heterocycles. The molecule has 30 heavy (non-hydrogen) atoms. The lowest BCUT2D eigenvalue weighted by Gasteiger charge is -2.25. The Morgan fingerprint density at radius 1 is 1.23 bits per heavy atom. The van der Waals surface area contributed by atoms with E-state index in [2.05, 4.69) is 10.6 Å². The summed E-state index contributed by atoms with van der Waals surface area (Å²) in [6.07, 6.45) is 1.04. The molecule has 2 amide bonds. The summed E-state index contributed by atoms with van der Waals surface area (Å²) in [4.78, 5) is 24.5. The van der Waals surface area contributed by atoms with Gasteiger partial charge in [-0.05, 0) is 62.1 Å². The third-order valence-electron chi connectivity index (χ3n) is 5.56. The van der Waals surface area contributed by atoms with Gasteiger partial charge in [0.15, 0.2) is 6.61 Å². The number of amides is 2. The van der Waals surface area contributed by atoms with Crippen molar-refractivity contribution in [1.82, 2.24) is 4.31 Å². The summed E-state index contributed by atoms with van der Waals surface area (Å²) < 4.78 is 33.1. The van der Waals surface area contributed by atoms with Crippen LogP contribution in [-0.2, 0) is 19.6 Å². The molecule has 2 aromatic carbocycles. The molecule has 0 bridgehead atoms. The Bertz CT molecular complexity index is 1130. The lowest BCUT2D eigenvalue weighted by atomic mass is 10.1. The summed E-state index contributed by atoms with van der Waals surface area (Å²) in [5, 5.41) is 5.50. The van der Waals surface area contributed by atoms with Gasteiger partial charge < -0.3 is 15.4 Å². The molecular formula is C21H23N3O5S. The van der Waals surface area contributed by atoms with Gasteiger partial charge in [-0.2, -0.15) is 4.31 Å². The van der Waals surface area contributed by atoms with E-state index in [1.54, 1.807) is 6.07 Å². The molecule has 2 N–H and O–H groups in total. The second kappa shape index (κ2) is 7.73. The molecule has 4 rings (SSSR count). The molecule has 1 unspecified atom stereocenters. The maximum atomic E-state index is 13.3. The van der Waals surface area contributed by atoms with Gasteiger partial charge in [0, 0.05) is 12.2 Å². The quantitative estimate of drug-likeness (QED) is 0.777. The van der Waals surface area contributed by atoms with Crippen LogP contribution in [0.1, 0.15) is 24.0 Å². The standard InChI is InChI=1S/C21H23N3O5S/c1-13-5-3-6-16(14(13)2)23-21(26)18-7-4-10-24(18)30(27,28)15-8-9-19-17(11-15)22-20(25)12-29-19/h3,5-6,8-9,11,18H,4,7,10,12H2,1-2H3,(H,22,25)(H,23,26). The van der Waals surface area contributed by atoms with Crippen LogP contribution in [0.25, 0.3) is 0 Å². The van der Waals surface area contributed by atoms with Gasteiger partial charge in [-0.3, -0.25) is 9.59 Å². The molecule has 0 saturated carbocycles. The molecule has 2 heterocycles. The molecule has 0 spiro atoms. The van der Waals surface area contributed by atoms with E-state index in [0.29, 0.717) is 30.0 Å². The van der Waals surface area contributed by atoms with E-state index in [1.165, 1.54) is 22.5 Å². The molecule has 9 heteroatoms. The number of rotatable bonds is 4. The number of ether oxygens (including phenoxy) is 1. The Kier molecular flexibility index (Phi) is 5.25. The number of sulfonamides is 1. The number of carbonyl (C=O) groups excluding carboxylic acids is 2. The predicted octanol–water partition coefficient (Wildman–Crippen LogP) is 2.43. The van der Waals surface area contributed by atoms with E-state index in [4.69, 9.17) is 4.74 Å². The van der Waals surface area contributed by atoms with E-state index < -0.39 is 16.1 Å². The Morgan fingerprint density at radius 2 is 2.03 bits per heavy atom. The first-order valence-electron chi connectivity index (χ1n) is 9.73. The van der Waals surface area contributed by atoms with Gasteiger partial charge in [-0.25, -0.2) is 8.42 Å². The zero-order valence-corrected chi connectivity index (χ0v) is 17.6. The van der Waals surface area contributed by atoms with E-state index in [0.717, 1.165) is 11.1 Å². The molecule has 158 valence electrons. The summed E-state index contributed by atoms with van der Waals surface area (Å²) >= 11 is 0. The number of nitrogens with zero attached hydrogens (tertiary/aromatic N) is 1. The molecule has 2 aliphatic heterocycles. The number of aryl methyl sites for hydroxylation is 1. The van der Waals surface area contributed by atoms with Crippen LogP contribution in [0.5, 0.6) is 5.75 Å². The Hall–Kier alpha value is -2.91. The maximum Gasteiger partial charge on any atom is 0.262 e. The van der Waals surface area contributed by atoms with Crippen molar-refractivity contribution in [2.45, 2.75) is 37.6 Å². The first kappa shape index (κ1) is 20.4. The highest BCUT2D eigenvalue weighted by atomic mass is 32.2. The minimum atomic E-state index is -3.93. The van der Waals surface area contributed by atoms with Crippen molar-refractivity contribution < 1.29 is 22.7 Å². The van der Waals surface area contributed by atoms with Crippen LogP contribution in [0.2, 0.25) is 0 Å². The van der Waals surface area contributed by atoms with Crippen LogP contribution in [0.4, 0.5) is 11.4 Å². The second-order valence-corrected chi connectivity index (χ2v) is 9.40. The Labute approximate surface area is 175 Å². The largest absolute Gasteiger partial charge is 0.482 e. The highest BCUT2D eigenvalue weighted by Gasteiger charge is 2.40. The number of nitrogens with one attached hydrogen (secondary N) is 2. The average molecular weight is 429 g/mol. The van der Waals surface area contributed by atoms with Gasteiger partial charge in [0.25, 0.3) is 5.91 Å². The van der Waals surface area contributed by atoms with Crippen molar-refractivity contribution in [3.8, 4) is 5.75 Å². The minimum Gasteiger partial charge on any atom is -0.482 e. The van der Waals surface area contributed by atoms with Gasteiger partial charge in [0.1, 0.15) is 11.8 Å². The molecule has 8 nitrogen and oxygen atoms in total. The number of hydrogen-bond acceptors (Lipinski definition) is 5. The molecule has 2 aliphatic rings. The van der Waals surface area contributed by atoms with Crippen LogP contribution in [-0.4, -0.2) is 43.7 Å². The first-order chi connectivity index (χ1) is 14.3. The zero-order chi connectivity index (χ0) is 21.5. The fourth-order valence-corrected chi connectivity index (χ4v) is 5.43. The summed E-state index contributed by atoms with van der Waals surface area (Å²) in [5.41, 5.74) is 2.98. The summed E-state index contributed by atoms with van der Waals surface area (Å²) in [7, 11) is -3.93. The highest BCUT2D eigenvalue weighted by molar-refractivity contribution is 7.89. The maximum absolute atomic E-state index is 13.3. The summed E-state index contributed by atoms with van der Waals surface area (Å²) in [6, 6.07) is 9.14. The molecule has 0 aliphatic carbocycles. The highest BCUT2D eigenvalue weighted by Crippen LogP contribution is 2.33. The van der Waals surface area contributed by atoms with Crippen molar-refractivity contribution in [2.24, 2.45) is 0 Å². The van der Waals surface area contributed by atoms with Crippen LogP contribution < -0.4 is 15.4 Å². The zero-order valence-electron chi connectivity index (χ0n) is 16.8. The monoisotopic (exact) mass is 429 g/mol. The number of fused-ring (bicyclic) bond motifs is 1. The van der Waals surface area contributed by atoms with E-state index in [-0.39, 0.29) is 29.9 Å². The van der Waals surface area contributed by atoms with Crippen LogP contribution in [0.3, 0.4) is 0 Å². The Morgan fingerprint density at radius 3 is 2.83 bits per heavy atom. The van der Waals surface area contributed by atoms with Crippen LogP contribution in [0, 0.1) is 13.8 Å². The number of hydrogen-bond donors (Lipinski definition) is 2. The van der Waals surface area contributed by atoms with Crippen molar-refractivity contribution in [3.63, 3.8) is 0 Å². The molecular weight excluding hydrogens is 406 g/mol. The summed E-state index contributed by atoms with van der Waals surface area (Å²) in [5.74, 6) is -0.275. The van der Waals surface area contributed by atoms with Crippen molar-refractivity contribution in [3.05, 3.63) is 47.5 Å². The van der Waals surface area contributed by atoms with E-state index in [1.807, 2.05) is 26.0 Å². The van der Waals surface area contributed by atoms with E-state index >= 15 is 0 Å². The van der Waals surface area contributed by atoms with Crippen molar-refractivity contribution in [1.29, 1.82) is 0 Å². The molecule has 0 aromatic heterocycles. The SMILES string of the molecule is Cc1cccc(NC(=O)C2CCCN2S(=O)(=O)c2ccc3c(c2)NC(=O)CO3)c1C. The van der Waals surface area contributed by atoms with Gasteiger partial charge in [0.05, 0.1) is 10.6 Å². The lowest BCUT2D eigenvalue weighted by molar-refractivity contribution is -0.119. The topological polar surface area (TPSA) is 105 Å². The molecule has 2 aromatic rings. The van der Waals surface area contributed by atoms with Gasteiger partial charge in [0.2, 0.25) is 15.9 Å². The minimum absolute atomic E-state index is 0.0125. The fourth-order valence-electron chi connectivity index (χ4n) is 3.75. The normalized spacial score (nSPS) is 19.0. The van der Waals surface area contributed by atoms with Gasteiger partial charge in [-0.15, -0.1) is 0 Å². The van der Waals surface area contributed by atoms with E-state index in [9.17, 15) is 18.0 Å². The van der Waals surface area contributed by atoms with Gasteiger partial charge in [-0.1, -0.05) is 12.1 Å². The lowest BCUT2D eigenvalue weighted by Crippen LogP contribution is -2.43. The molecule has 1 atom stereocenters. The van der Waals surface area contributed by atoms with Crippen LogP contribution in [0.15, 0.2) is 41.3 Å². The van der Waals surface area contributed by atoms with Crippen LogP contribution >= 0.6 is 0 Å².